The van der Waals surface area contributed by atoms with Crippen LogP contribution in [0.3, 0.4) is 0 Å². The smallest absolute Gasteiger partial charge is 0.147 e. The lowest BCUT2D eigenvalue weighted by Gasteiger charge is -2.36. The summed E-state index contributed by atoms with van der Waals surface area (Å²) in [6.07, 6.45) is 0. The van der Waals surface area contributed by atoms with Crippen molar-refractivity contribution in [3.8, 4) is 6.07 Å². The quantitative estimate of drug-likeness (QED) is 0.918. The lowest BCUT2D eigenvalue weighted by atomic mass is 10.0. The highest BCUT2D eigenvalue weighted by Crippen LogP contribution is 2.24. The zero-order valence-corrected chi connectivity index (χ0v) is 12.5. The summed E-state index contributed by atoms with van der Waals surface area (Å²) < 4.78 is 0. The molecule has 0 saturated carbocycles. The molecule has 2 aromatic rings. The predicted molar refractivity (Wildman–Crippen MR) is 85.3 cm³/mol. The minimum Gasteiger partial charge on any atom is -0.353 e. The van der Waals surface area contributed by atoms with Crippen LogP contribution in [0.15, 0.2) is 30.3 Å². The summed E-state index contributed by atoms with van der Waals surface area (Å²) >= 11 is 0. The van der Waals surface area contributed by atoms with Crippen LogP contribution in [0.4, 0.5) is 5.82 Å². The van der Waals surface area contributed by atoms with Crippen LogP contribution in [-0.2, 0) is 0 Å². The molecule has 1 fully saturated rings. The molecular weight excluding hydrogens is 260 g/mol. The molecule has 1 atom stereocenters. The summed E-state index contributed by atoms with van der Waals surface area (Å²) in [4.78, 5) is 6.98. The maximum absolute atomic E-state index is 9.45. The Morgan fingerprint density at radius 1 is 1.38 bits per heavy atom. The van der Waals surface area contributed by atoms with Gasteiger partial charge in [-0.25, -0.2) is 4.98 Å². The van der Waals surface area contributed by atoms with Crippen LogP contribution in [0.5, 0.6) is 0 Å². The van der Waals surface area contributed by atoms with Gasteiger partial charge in [0.15, 0.2) is 0 Å². The topological polar surface area (TPSA) is 52.0 Å². The summed E-state index contributed by atoms with van der Waals surface area (Å²) in [6.45, 7) is 7.17. The van der Waals surface area contributed by atoms with E-state index in [4.69, 9.17) is 4.98 Å². The van der Waals surface area contributed by atoms with Gasteiger partial charge in [-0.05, 0) is 18.1 Å². The number of piperazine rings is 1. The van der Waals surface area contributed by atoms with Gasteiger partial charge in [0.2, 0.25) is 0 Å². The van der Waals surface area contributed by atoms with Crippen LogP contribution in [0, 0.1) is 17.2 Å². The summed E-state index contributed by atoms with van der Waals surface area (Å²) in [5.41, 5.74) is 1.62. The Morgan fingerprint density at radius 2 is 2.19 bits per heavy atom. The van der Waals surface area contributed by atoms with Gasteiger partial charge in [0.1, 0.15) is 11.9 Å². The summed E-state index contributed by atoms with van der Waals surface area (Å²) in [7, 11) is 0. The first-order valence-electron chi connectivity index (χ1n) is 7.47. The number of hydrogen-bond donors (Lipinski definition) is 1. The molecule has 0 amide bonds. The fourth-order valence-corrected chi connectivity index (χ4v) is 2.85. The zero-order valence-electron chi connectivity index (χ0n) is 12.5. The molecule has 1 aromatic heterocycles. The Kier molecular flexibility index (Phi) is 3.76. The van der Waals surface area contributed by atoms with Crippen molar-refractivity contribution in [2.75, 3.05) is 24.5 Å². The number of pyridine rings is 1. The second-order valence-corrected chi connectivity index (χ2v) is 5.91. The van der Waals surface area contributed by atoms with Gasteiger partial charge in [0.05, 0.1) is 11.1 Å². The van der Waals surface area contributed by atoms with E-state index in [0.717, 1.165) is 36.4 Å². The fourth-order valence-electron chi connectivity index (χ4n) is 2.85. The number of benzene rings is 1. The Hall–Kier alpha value is -2.12. The summed E-state index contributed by atoms with van der Waals surface area (Å²) in [5.74, 6) is 1.39. The maximum Gasteiger partial charge on any atom is 0.147 e. The number of anilines is 1. The van der Waals surface area contributed by atoms with Crippen molar-refractivity contribution in [3.63, 3.8) is 0 Å². The Morgan fingerprint density at radius 3 is 2.95 bits per heavy atom. The number of hydrogen-bond acceptors (Lipinski definition) is 4. The monoisotopic (exact) mass is 280 g/mol. The van der Waals surface area contributed by atoms with Crippen molar-refractivity contribution >= 4 is 16.7 Å². The standard InChI is InChI=1S/C17H20N4/c1-12(2)16-11-21(8-7-19-16)17-14(10-18)9-13-5-3-4-6-15(13)20-17/h3-6,9,12,16,19H,7-8,11H2,1-2H3/t16-/m1/s1. The van der Waals surface area contributed by atoms with Crippen molar-refractivity contribution in [2.24, 2.45) is 5.92 Å². The van der Waals surface area contributed by atoms with E-state index in [2.05, 4.69) is 30.1 Å². The van der Waals surface area contributed by atoms with Crippen molar-refractivity contribution in [3.05, 3.63) is 35.9 Å². The van der Waals surface area contributed by atoms with Crippen molar-refractivity contribution < 1.29 is 0 Å². The normalized spacial score (nSPS) is 19.0. The van der Waals surface area contributed by atoms with Gasteiger partial charge in [-0.3, -0.25) is 0 Å². The molecule has 1 aliphatic heterocycles. The highest BCUT2D eigenvalue weighted by Gasteiger charge is 2.24. The molecule has 1 aromatic carbocycles. The first kappa shape index (κ1) is 13.8. The van der Waals surface area contributed by atoms with E-state index >= 15 is 0 Å². The molecular formula is C17H20N4. The number of nitriles is 1. The molecule has 0 radical (unpaired) electrons. The van der Waals surface area contributed by atoms with Crippen molar-refractivity contribution in [2.45, 2.75) is 19.9 Å². The van der Waals surface area contributed by atoms with Gasteiger partial charge < -0.3 is 10.2 Å². The summed E-state index contributed by atoms with van der Waals surface area (Å²) in [6, 6.07) is 12.7. The average molecular weight is 280 g/mol. The van der Waals surface area contributed by atoms with Gasteiger partial charge in [-0.1, -0.05) is 32.0 Å². The average Bonchev–Trinajstić information content (AvgIpc) is 2.53. The maximum atomic E-state index is 9.45. The van der Waals surface area contributed by atoms with E-state index in [9.17, 15) is 5.26 Å². The van der Waals surface area contributed by atoms with Gasteiger partial charge in [-0.15, -0.1) is 0 Å². The molecule has 3 rings (SSSR count). The number of nitrogens with zero attached hydrogens (tertiary/aromatic N) is 3. The molecule has 108 valence electrons. The third-order valence-corrected chi connectivity index (χ3v) is 4.13. The highest BCUT2D eigenvalue weighted by atomic mass is 15.2. The van der Waals surface area contributed by atoms with Crippen LogP contribution in [0.25, 0.3) is 10.9 Å². The van der Waals surface area contributed by atoms with Crippen molar-refractivity contribution in [1.29, 1.82) is 5.26 Å². The molecule has 0 aliphatic carbocycles. The van der Waals surface area contributed by atoms with Gasteiger partial charge >= 0.3 is 0 Å². The molecule has 1 saturated heterocycles. The van der Waals surface area contributed by atoms with Crippen LogP contribution >= 0.6 is 0 Å². The van der Waals surface area contributed by atoms with Crippen LogP contribution in [-0.4, -0.2) is 30.7 Å². The van der Waals surface area contributed by atoms with E-state index < -0.39 is 0 Å². The molecule has 0 spiro atoms. The minimum atomic E-state index is 0.443. The molecule has 4 nitrogen and oxygen atoms in total. The van der Waals surface area contributed by atoms with E-state index in [1.165, 1.54) is 0 Å². The van der Waals surface area contributed by atoms with Gasteiger partial charge in [0, 0.05) is 31.1 Å². The van der Waals surface area contributed by atoms with Crippen LogP contribution in [0.2, 0.25) is 0 Å². The molecule has 1 aliphatic rings. The first-order valence-corrected chi connectivity index (χ1v) is 7.47. The number of aromatic nitrogens is 1. The van der Waals surface area contributed by atoms with E-state index in [0.29, 0.717) is 17.5 Å². The molecule has 1 N–H and O–H groups in total. The van der Waals surface area contributed by atoms with Crippen LogP contribution in [0.1, 0.15) is 19.4 Å². The highest BCUT2D eigenvalue weighted by molar-refractivity contribution is 5.83. The zero-order chi connectivity index (χ0) is 14.8. The summed E-state index contributed by atoms with van der Waals surface area (Å²) in [5, 5.41) is 14.0. The van der Waals surface area contributed by atoms with E-state index in [1.807, 2.05) is 30.3 Å². The predicted octanol–water partition coefficient (Wildman–Crippen LogP) is 2.54. The Labute approximate surface area is 125 Å². The second-order valence-electron chi connectivity index (χ2n) is 5.91. The minimum absolute atomic E-state index is 0.443. The number of rotatable bonds is 2. The largest absolute Gasteiger partial charge is 0.353 e. The van der Waals surface area contributed by atoms with Crippen LogP contribution < -0.4 is 10.2 Å². The lowest BCUT2D eigenvalue weighted by molar-refractivity contribution is 0.367. The number of nitrogens with one attached hydrogen (secondary N) is 1. The third kappa shape index (κ3) is 2.70. The van der Waals surface area contributed by atoms with Gasteiger partial charge in [0.25, 0.3) is 0 Å². The number of para-hydroxylation sites is 1. The number of fused-ring (bicyclic) bond motifs is 1. The second kappa shape index (κ2) is 5.71. The van der Waals surface area contributed by atoms with E-state index in [-0.39, 0.29) is 0 Å². The Bertz CT molecular complexity index is 687. The first-order chi connectivity index (χ1) is 10.2. The molecule has 21 heavy (non-hydrogen) atoms. The fraction of sp³-hybridized carbons (Fsp3) is 0.412. The Balaban J connectivity index is 2.00. The molecule has 0 bridgehead atoms. The molecule has 2 heterocycles. The van der Waals surface area contributed by atoms with E-state index in [1.54, 1.807) is 0 Å². The van der Waals surface area contributed by atoms with Crippen molar-refractivity contribution in [1.82, 2.24) is 10.3 Å². The SMILES string of the molecule is CC(C)[C@H]1CN(c2nc3ccccc3cc2C#N)CCN1. The lowest BCUT2D eigenvalue weighted by Crippen LogP contribution is -2.53. The molecule has 0 unspecified atom stereocenters. The molecule has 4 heteroatoms. The third-order valence-electron chi connectivity index (χ3n) is 4.13. The van der Waals surface area contributed by atoms with Gasteiger partial charge in [-0.2, -0.15) is 5.26 Å².